The Morgan fingerprint density at radius 2 is 2.06 bits per heavy atom. The van der Waals surface area contributed by atoms with Gasteiger partial charge in [-0.1, -0.05) is 12.1 Å². The number of hydrogen-bond acceptors (Lipinski definition) is 6. The van der Waals surface area contributed by atoms with Gasteiger partial charge < -0.3 is 10.7 Å². The van der Waals surface area contributed by atoms with Gasteiger partial charge in [0, 0.05) is 6.07 Å². The van der Waals surface area contributed by atoms with Crippen LogP contribution in [0.4, 0.5) is 17.3 Å². The van der Waals surface area contributed by atoms with Gasteiger partial charge in [0.15, 0.2) is 0 Å². The van der Waals surface area contributed by atoms with Crippen LogP contribution in [0.1, 0.15) is 11.1 Å². The van der Waals surface area contributed by atoms with Gasteiger partial charge in [-0.05, 0) is 18.6 Å². The van der Waals surface area contributed by atoms with Gasteiger partial charge in [-0.15, -0.1) is 0 Å². The van der Waals surface area contributed by atoms with Crippen molar-refractivity contribution in [3.63, 3.8) is 0 Å². The molecule has 0 fully saturated rings. The number of aromatic nitrogens is 2. The van der Waals surface area contributed by atoms with Crippen LogP contribution in [0.3, 0.4) is 0 Å². The van der Waals surface area contributed by atoms with E-state index >= 15 is 0 Å². The molecule has 4 N–H and O–H groups in total. The van der Waals surface area contributed by atoms with Crippen LogP contribution in [0, 0.1) is 18.3 Å². The molecule has 0 aliphatic rings. The summed E-state index contributed by atoms with van der Waals surface area (Å²) in [5.41, 5.74) is 4.65. The molecule has 1 aromatic carbocycles. The van der Waals surface area contributed by atoms with Crippen LogP contribution in [0.15, 0.2) is 30.6 Å². The second-order valence-electron chi connectivity index (χ2n) is 3.67. The van der Waals surface area contributed by atoms with Crippen LogP contribution in [-0.2, 0) is 0 Å². The maximum atomic E-state index is 9.12. The number of hydrogen-bond donors (Lipinski definition) is 3. The Morgan fingerprint density at radius 3 is 2.78 bits per heavy atom. The van der Waals surface area contributed by atoms with E-state index < -0.39 is 0 Å². The molecule has 2 aromatic rings. The van der Waals surface area contributed by atoms with Crippen molar-refractivity contribution in [2.45, 2.75) is 6.92 Å². The van der Waals surface area contributed by atoms with E-state index in [0.717, 1.165) is 5.56 Å². The highest BCUT2D eigenvalue weighted by Crippen LogP contribution is 2.22. The monoisotopic (exact) mass is 240 g/mol. The van der Waals surface area contributed by atoms with E-state index in [1.165, 1.54) is 6.33 Å². The van der Waals surface area contributed by atoms with Gasteiger partial charge in [-0.3, -0.25) is 0 Å². The molecule has 1 heterocycles. The molecular weight excluding hydrogens is 228 g/mol. The summed E-state index contributed by atoms with van der Waals surface area (Å²) in [5, 5.41) is 12.2. The van der Waals surface area contributed by atoms with Crippen LogP contribution >= 0.6 is 0 Å². The summed E-state index contributed by atoms with van der Waals surface area (Å²) in [7, 11) is 0. The maximum absolute atomic E-state index is 9.12. The third-order valence-corrected chi connectivity index (χ3v) is 2.46. The smallest absolute Gasteiger partial charge is 0.145 e. The van der Waals surface area contributed by atoms with Crippen LogP contribution < -0.4 is 16.6 Å². The molecular formula is C12H12N6. The molecule has 0 saturated carbocycles. The lowest BCUT2D eigenvalue weighted by Gasteiger charge is -2.09. The third-order valence-electron chi connectivity index (χ3n) is 2.46. The van der Waals surface area contributed by atoms with Gasteiger partial charge >= 0.3 is 0 Å². The van der Waals surface area contributed by atoms with Crippen LogP contribution in [0.5, 0.6) is 0 Å². The summed E-state index contributed by atoms with van der Waals surface area (Å²) in [6.45, 7) is 1.89. The van der Waals surface area contributed by atoms with Crippen LogP contribution in [0.25, 0.3) is 0 Å². The first-order valence-electron chi connectivity index (χ1n) is 5.30. The molecule has 0 aliphatic heterocycles. The second kappa shape index (κ2) is 5.12. The van der Waals surface area contributed by atoms with Crippen molar-refractivity contribution < 1.29 is 0 Å². The maximum Gasteiger partial charge on any atom is 0.145 e. The first kappa shape index (κ1) is 11.8. The van der Waals surface area contributed by atoms with Gasteiger partial charge in [0.2, 0.25) is 0 Å². The number of nitrogens with one attached hydrogen (secondary N) is 2. The predicted octanol–water partition coefficient (Wildman–Crippen LogP) is 1.69. The molecule has 0 unspecified atom stereocenters. The highest BCUT2D eigenvalue weighted by Gasteiger charge is 2.06. The largest absolute Gasteiger partial charge is 0.339 e. The number of nitrogen functional groups attached to an aromatic ring is 1. The number of nitriles is 1. The highest BCUT2D eigenvalue weighted by atomic mass is 15.3. The standard InChI is InChI=1S/C12H12N6/c1-8-3-2-4-10(9(8)6-13)17-11-5-12(18-14)16-7-15-11/h2-5,7H,14H2,1H3,(H2,15,16,17,18). The number of hydrazine groups is 1. The molecule has 0 bridgehead atoms. The summed E-state index contributed by atoms with van der Waals surface area (Å²) in [4.78, 5) is 7.97. The fourth-order valence-electron chi connectivity index (χ4n) is 1.56. The normalized spacial score (nSPS) is 9.61. The van der Waals surface area contributed by atoms with Crippen molar-refractivity contribution in [3.8, 4) is 6.07 Å². The second-order valence-corrected chi connectivity index (χ2v) is 3.67. The lowest BCUT2D eigenvalue weighted by molar-refractivity contribution is 1.14. The molecule has 0 spiro atoms. The molecule has 2 rings (SSSR count). The molecule has 1 aromatic heterocycles. The van der Waals surface area contributed by atoms with Gasteiger partial charge in [0.25, 0.3) is 0 Å². The summed E-state index contributed by atoms with van der Waals surface area (Å²) < 4.78 is 0. The minimum atomic E-state index is 0.499. The zero-order valence-electron chi connectivity index (χ0n) is 9.81. The molecule has 0 aliphatic carbocycles. The van der Waals surface area contributed by atoms with E-state index in [1.54, 1.807) is 6.07 Å². The van der Waals surface area contributed by atoms with E-state index in [4.69, 9.17) is 11.1 Å². The number of nitrogens with two attached hydrogens (primary N) is 1. The zero-order valence-corrected chi connectivity index (χ0v) is 9.81. The van der Waals surface area contributed by atoms with E-state index in [2.05, 4.69) is 26.8 Å². The van der Waals surface area contributed by atoms with Crippen molar-refractivity contribution in [3.05, 3.63) is 41.7 Å². The number of benzene rings is 1. The summed E-state index contributed by atoms with van der Waals surface area (Å²) in [6, 6.07) is 9.41. The quantitative estimate of drug-likeness (QED) is 0.557. The predicted molar refractivity (Wildman–Crippen MR) is 69.0 cm³/mol. The minimum Gasteiger partial charge on any atom is -0.339 e. The molecule has 6 nitrogen and oxygen atoms in total. The van der Waals surface area contributed by atoms with E-state index in [0.29, 0.717) is 22.9 Å². The van der Waals surface area contributed by atoms with Gasteiger partial charge in [0.1, 0.15) is 24.0 Å². The lowest BCUT2D eigenvalue weighted by atomic mass is 10.1. The van der Waals surface area contributed by atoms with Crippen LogP contribution in [0.2, 0.25) is 0 Å². The van der Waals surface area contributed by atoms with Gasteiger partial charge in [-0.25, -0.2) is 15.8 Å². The van der Waals surface area contributed by atoms with E-state index in [1.807, 2.05) is 25.1 Å². The first-order chi connectivity index (χ1) is 8.74. The molecule has 90 valence electrons. The topological polar surface area (TPSA) is 99.7 Å². The Hall–Kier alpha value is -2.65. The average molecular weight is 240 g/mol. The fourth-order valence-corrected chi connectivity index (χ4v) is 1.56. The molecule has 0 atom stereocenters. The van der Waals surface area contributed by atoms with Crippen molar-refractivity contribution in [1.82, 2.24) is 9.97 Å². The molecule has 0 amide bonds. The van der Waals surface area contributed by atoms with Crippen LogP contribution in [-0.4, -0.2) is 9.97 Å². The SMILES string of the molecule is Cc1cccc(Nc2cc(NN)ncn2)c1C#N. The molecule has 18 heavy (non-hydrogen) atoms. The van der Waals surface area contributed by atoms with Gasteiger partial charge in [0.05, 0.1) is 11.3 Å². The Kier molecular flexibility index (Phi) is 3.36. The third kappa shape index (κ3) is 2.36. The molecule has 0 saturated heterocycles. The number of rotatable bonds is 3. The van der Waals surface area contributed by atoms with E-state index in [9.17, 15) is 0 Å². The average Bonchev–Trinajstić information content (AvgIpc) is 2.39. The minimum absolute atomic E-state index is 0.499. The number of anilines is 3. The Bertz CT molecular complexity index is 602. The highest BCUT2D eigenvalue weighted by molar-refractivity contribution is 5.67. The van der Waals surface area contributed by atoms with E-state index in [-0.39, 0.29) is 0 Å². The summed E-state index contributed by atoms with van der Waals surface area (Å²) in [5.74, 6) is 6.34. The van der Waals surface area contributed by atoms with Crippen molar-refractivity contribution in [2.24, 2.45) is 5.84 Å². The Morgan fingerprint density at radius 1 is 1.28 bits per heavy atom. The van der Waals surface area contributed by atoms with Crippen molar-refractivity contribution in [2.75, 3.05) is 10.7 Å². The van der Waals surface area contributed by atoms with Crippen molar-refractivity contribution >= 4 is 17.3 Å². The lowest BCUT2D eigenvalue weighted by Crippen LogP contribution is -2.09. The zero-order chi connectivity index (χ0) is 13.0. The number of aryl methyl sites for hydroxylation is 1. The Labute approximate surface area is 104 Å². The Balaban J connectivity index is 2.34. The number of nitrogens with zero attached hydrogens (tertiary/aromatic N) is 3. The van der Waals surface area contributed by atoms with Gasteiger partial charge in [-0.2, -0.15) is 5.26 Å². The first-order valence-corrected chi connectivity index (χ1v) is 5.30. The van der Waals surface area contributed by atoms with Crippen molar-refractivity contribution in [1.29, 1.82) is 5.26 Å². The fraction of sp³-hybridized carbons (Fsp3) is 0.0833. The summed E-state index contributed by atoms with van der Waals surface area (Å²) in [6.07, 6.45) is 1.39. The molecule has 6 heteroatoms. The molecule has 0 radical (unpaired) electrons. The summed E-state index contributed by atoms with van der Waals surface area (Å²) >= 11 is 0.